The number of imidazole rings is 1. The van der Waals surface area contributed by atoms with Gasteiger partial charge in [0.25, 0.3) is 0 Å². The molecule has 2 aromatic heterocycles. The van der Waals surface area contributed by atoms with Crippen LogP contribution >= 0.6 is 22.9 Å². The molecule has 2 amide bonds. The topological polar surface area (TPSA) is 98.7 Å². The predicted molar refractivity (Wildman–Crippen MR) is 101 cm³/mol. The molecule has 0 spiro atoms. The van der Waals surface area contributed by atoms with Gasteiger partial charge in [-0.05, 0) is 18.2 Å². The molecule has 0 aliphatic heterocycles. The molecule has 0 bridgehead atoms. The zero-order valence-corrected chi connectivity index (χ0v) is 15.1. The van der Waals surface area contributed by atoms with E-state index in [9.17, 15) is 9.59 Å². The number of primary amides is 1. The number of carbonyl (C=O) groups excluding carboxylic acids is 2. The van der Waals surface area contributed by atoms with Gasteiger partial charge in [0.2, 0.25) is 11.8 Å². The first-order valence-electron chi connectivity index (χ1n) is 7.65. The van der Waals surface area contributed by atoms with E-state index in [1.807, 2.05) is 11.6 Å². The van der Waals surface area contributed by atoms with Crippen molar-refractivity contribution in [2.75, 3.05) is 11.9 Å². The number of benzene rings is 1. The van der Waals surface area contributed by atoms with Crippen molar-refractivity contribution < 1.29 is 14.3 Å². The Morgan fingerprint density at radius 3 is 3.00 bits per heavy atom. The lowest BCUT2D eigenvalue weighted by Crippen LogP contribution is -2.15. The second-order valence-corrected chi connectivity index (χ2v) is 6.46. The molecule has 0 fully saturated rings. The lowest BCUT2D eigenvalue weighted by atomic mass is 10.3. The van der Waals surface area contributed by atoms with E-state index in [4.69, 9.17) is 22.1 Å². The van der Waals surface area contributed by atoms with E-state index in [0.29, 0.717) is 22.3 Å². The maximum absolute atomic E-state index is 12.2. The number of anilines is 1. The van der Waals surface area contributed by atoms with Gasteiger partial charge in [0.15, 0.2) is 10.1 Å². The van der Waals surface area contributed by atoms with Gasteiger partial charge in [0.05, 0.1) is 24.4 Å². The molecular formula is C17H15ClN4O3S. The van der Waals surface area contributed by atoms with Crippen LogP contribution in [0.2, 0.25) is 5.15 Å². The highest BCUT2D eigenvalue weighted by atomic mass is 35.5. The largest absolute Gasteiger partial charge is 0.491 e. The Bertz CT molecular complexity index is 979. The molecule has 0 radical (unpaired) electrons. The van der Waals surface area contributed by atoms with E-state index in [-0.39, 0.29) is 18.9 Å². The molecule has 0 unspecified atom stereocenters. The maximum atomic E-state index is 12.2. The first kappa shape index (κ1) is 18.0. The maximum Gasteiger partial charge on any atom is 0.248 e. The van der Waals surface area contributed by atoms with Crippen molar-refractivity contribution >= 4 is 51.5 Å². The first-order valence-corrected chi connectivity index (χ1v) is 8.90. The number of aromatic nitrogens is 2. The lowest BCUT2D eigenvalue weighted by Gasteiger charge is -2.10. The fraction of sp³-hybridized carbons (Fsp3) is 0.118. The van der Waals surface area contributed by atoms with Crippen molar-refractivity contribution in [3.8, 4) is 5.75 Å². The smallest absolute Gasteiger partial charge is 0.248 e. The molecule has 3 N–H and O–H groups in total. The Balaban J connectivity index is 1.69. The summed E-state index contributed by atoms with van der Waals surface area (Å²) in [6.07, 6.45) is 4.89. The van der Waals surface area contributed by atoms with Crippen molar-refractivity contribution in [2.45, 2.75) is 6.42 Å². The van der Waals surface area contributed by atoms with Crippen LogP contribution in [0.4, 0.5) is 5.69 Å². The summed E-state index contributed by atoms with van der Waals surface area (Å²) >= 11 is 7.55. The van der Waals surface area contributed by atoms with Crippen LogP contribution in [0.1, 0.15) is 12.1 Å². The van der Waals surface area contributed by atoms with Gasteiger partial charge in [-0.3, -0.25) is 14.0 Å². The fourth-order valence-corrected chi connectivity index (χ4v) is 3.22. The van der Waals surface area contributed by atoms with Crippen molar-refractivity contribution in [1.82, 2.24) is 9.38 Å². The summed E-state index contributed by atoms with van der Waals surface area (Å²) in [7, 11) is 0. The average molecular weight is 391 g/mol. The van der Waals surface area contributed by atoms with Crippen LogP contribution in [0.5, 0.6) is 5.75 Å². The van der Waals surface area contributed by atoms with Crippen LogP contribution in [0, 0.1) is 0 Å². The van der Waals surface area contributed by atoms with Gasteiger partial charge >= 0.3 is 0 Å². The summed E-state index contributed by atoms with van der Waals surface area (Å²) in [5, 5.41) is 4.95. The summed E-state index contributed by atoms with van der Waals surface area (Å²) < 4.78 is 7.30. The highest BCUT2D eigenvalue weighted by Crippen LogP contribution is 2.25. The van der Waals surface area contributed by atoms with Crippen molar-refractivity contribution in [1.29, 1.82) is 0 Å². The van der Waals surface area contributed by atoms with Gasteiger partial charge in [-0.2, -0.15) is 0 Å². The highest BCUT2D eigenvalue weighted by Gasteiger charge is 2.10. The van der Waals surface area contributed by atoms with Crippen LogP contribution < -0.4 is 15.8 Å². The Hall–Kier alpha value is -2.84. The van der Waals surface area contributed by atoms with E-state index in [1.165, 1.54) is 17.4 Å². The molecule has 26 heavy (non-hydrogen) atoms. The average Bonchev–Trinajstić information content (AvgIpc) is 3.15. The number of para-hydroxylation sites is 2. The summed E-state index contributed by atoms with van der Waals surface area (Å²) in [6.45, 7) is 0.139. The first-order chi connectivity index (χ1) is 12.5. The third-order valence-electron chi connectivity index (χ3n) is 3.40. The molecule has 0 aliphatic carbocycles. The molecule has 0 atom stereocenters. The molecule has 0 aliphatic rings. The van der Waals surface area contributed by atoms with Gasteiger partial charge in [0, 0.05) is 17.7 Å². The Morgan fingerprint density at radius 1 is 1.38 bits per heavy atom. The molecule has 3 rings (SSSR count). The third-order valence-corrected chi connectivity index (χ3v) is 4.43. The molecule has 3 aromatic rings. The van der Waals surface area contributed by atoms with E-state index in [2.05, 4.69) is 10.3 Å². The van der Waals surface area contributed by atoms with E-state index in [0.717, 1.165) is 4.96 Å². The summed E-state index contributed by atoms with van der Waals surface area (Å²) in [4.78, 5) is 28.0. The molecular weight excluding hydrogens is 376 g/mol. The normalized spacial score (nSPS) is 11.1. The van der Waals surface area contributed by atoms with Gasteiger partial charge in [-0.15, -0.1) is 11.3 Å². The number of amides is 2. The molecule has 1 aromatic carbocycles. The second kappa shape index (κ2) is 8.03. The molecule has 2 heterocycles. The van der Waals surface area contributed by atoms with E-state index in [1.54, 1.807) is 34.7 Å². The molecule has 7 nitrogen and oxygen atoms in total. The van der Waals surface area contributed by atoms with Crippen LogP contribution in [0.15, 0.2) is 41.9 Å². The monoisotopic (exact) mass is 390 g/mol. The quantitative estimate of drug-likeness (QED) is 0.606. The zero-order chi connectivity index (χ0) is 18.5. The van der Waals surface area contributed by atoms with Crippen LogP contribution in [0.3, 0.4) is 0 Å². The zero-order valence-electron chi connectivity index (χ0n) is 13.5. The van der Waals surface area contributed by atoms with Gasteiger partial charge in [-0.1, -0.05) is 23.7 Å². The molecule has 9 heteroatoms. The van der Waals surface area contributed by atoms with Gasteiger partial charge in [-0.25, -0.2) is 4.98 Å². The van der Waals surface area contributed by atoms with Crippen LogP contribution in [0.25, 0.3) is 11.0 Å². The molecule has 134 valence electrons. The minimum Gasteiger partial charge on any atom is -0.491 e. The Morgan fingerprint density at radius 2 is 2.19 bits per heavy atom. The number of carbonyl (C=O) groups is 2. The number of hydrogen-bond acceptors (Lipinski definition) is 5. The van der Waals surface area contributed by atoms with Crippen molar-refractivity contribution in [3.63, 3.8) is 0 Å². The number of nitrogens with zero attached hydrogens (tertiary/aromatic N) is 2. The number of rotatable bonds is 7. The van der Waals surface area contributed by atoms with Crippen molar-refractivity contribution in [2.24, 2.45) is 5.73 Å². The van der Waals surface area contributed by atoms with E-state index < -0.39 is 5.91 Å². The highest BCUT2D eigenvalue weighted by molar-refractivity contribution is 7.15. The molecule has 0 saturated carbocycles. The SMILES string of the molecule is NC(=O)CCOc1ccccc1NC(=O)/C=C/c1c(Cl)nc2sccn12. The summed E-state index contributed by atoms with van der Waals surface area (Å²) in [5.41, 5.74) is 6.21. The number of nitrogens with two attached hydrogens (primary N) is 1. The number of fused-ring (bicyclic) bond motifs is 1. The number of hydrogen-bond donors (Lipinski definition) is 2. The van der Waals surface area contributed by atoms with Crippen molar-refractivity contribution in [3.05, 3.63) is 52.8 Å². The standard InChI is InChI=1S/C17H15ClN4O3S/c18-16-12(22-8-10-26-17(22)21-16)5-6-15(24)20-11-3-1-2-4-13(11)25-9-7-14(19)23/h1-6,8,10H,7,9H2,(H2,19,23)(H,20,24)/b6-5+. The fourth-order valence-electron chi connectivity index (χ4n) is 2.21. The van der Waals surface area contributed by atoms with Crippen LogP contribution in [-0.2, 0) is 9.59 Å². The number of nitrogens with one attached hydrogen (secondary N) is 1. The number of halogens is 1. The number of thiazole rings is 1. The predicted octanol–water partition coefficient (Wildman–Crippen LogP) is 2.96. The minimum absolute atomic E-state index is 0.0958. The minimum atomic E-state index is -0.452. The Kier molecular flexibility index (Phi) is 5.55. The van der Waals surface area contributed by atoms with Crippen LogP contribution in [-0.4, -0.2) is 27.8 Å². The van der Waals surface area contributed by atoms with Gasteiger partial charge in [0.1, 0.15) is 5.75 Å². The second-order valence-electron chi connectivity index (χ2n) is 5.23. The summed E-state index contributed by atoms with van der Waals surface area (Å²) in [6, 6.07) is 6.94. The summed E-state index contributed by atoms with van der Waals surface area (Å²) in [5.74, 6) is -0.345. The Labute approximate surface area is 158 Å². The lowest BCUT2D eigenvalue weighted by molar-refractivity contribution is -0.118. The van der Waals surface area contributed by atoms with Gasteiger partial charge < -0.3 is 15.8 Å². The van der Waals surface area contributed by atoms with E-state index >= 15 is 0 Å². The molecule has 0 saturated heterocycles. The third kappa shape index (κ3) is 4.22. The number of ether oxygens (including phenoxy) is 1.